The zero-order chi connectivity index (χ0) is 15.9. The lowest BCUT2D eigenvalue weighted by atomic mass is 10.2. The molecule has 0 aromatic rings. The van der Waals surface area contributed by atoms with E-state index < -0.39 is 11.9 Å². The molecule has 1 aliphatic heterocycles. The van der Waals surface area contributed by atoms with Gasteiger partial charge in [0.15, 0.2) is 6.23 Å². The summed E-state index contributed by atoms with van der Waals surface area (Å²) in [5.41, 5.74) is 0. The Bertz CT molecular complexity index is 435. The minimum absolute atomic E-state index is 0.0167. The molecular weight excluding hydrogens is 276 g/mol. The predicted octanol–water partition coefficient (Wildman–Crippen LogP) is 1.10. The van der Waals surface area contributed by atoms with Crippen LogP contribution >= 0.6 is 0 Å². The Hall–Kier alpha value is -1.73. The SMILES string of the molecule is C=CCC1=NCC[N+]1(CCC(=O)O)C(C)OCCC(=O)O. The van der Waals surface area contributed by atoms with Crippen molar-refractivity contribution in [1.29, 1.82) is 0 Å². The Labute approximate surface area is 124 Å². The lowest BCUT2D eigenvalue weighted by Crippen LogP contribution is -2.58. The van der Waals surface area contributed by atoms with Crippen LogP contribution in [0.15, 0.2) is 17.6 Å². The third-order valence-corrected chi connectivity index (χ3v) is 3.73. The van der Waals surface area contributed by atoms with Crippen molar-refractivity contribution in [3.63, 3.8) is 0 Å². The van der Waals surface area contributed by atoms with E-state index in [2.05, 4.69) is 11.6 Å². The van der Waals surface area contributed by atoms with E-state index in [1.54, 1.807) is 6.08 Å². The zero-order valence-corrected chi connectivity index (χ0v) is 12.3. The molecule has 0 aliphatic carbocycles. The number of aliphatic imine (C=N–C) groups is 1. The largest absolute Gasteiger partial charge is 0.481 e. The van der Waals surface area contributed by atoms with E-state index in [-0.39, 0.29) is 25.7 Å². The Morgan fingerprint density at radius 1 is 1.43 bits per heavy atom. The smallest absolute Gasteiger partial charge is 0.309 e. The molecule has 21 heavy (non-hydrogen) atoms. The van der Waals surface area contributed by atoms with Gasteiger partial charge in [-0.3, -0.25) is 14.1 Å². The van der Waals surface area contributed by atoms with E-state index in [4.69, 9.17) is 14.9 Å². The van der Waals surface area contributed by atoms with Gasteiger partial charge in [-0.15, -0.1) is 6.58 Å². The van der Waals surface area contributed by atoms with Crippen LogP contribution in [0, 0.1) is 0 Å². The number of aliphatic carboxylic acids is 2. The van der Waals surface area contributed by atoms with Gasteiger partial charge >= 0.3 is 11.9 Å². The first-order valence-corrected chi connectivity index (χ1v) is 6.99. The molecule has 0 aromatic heterocycles. The Balaban J connectivity index is 2.80. The topological polar surface area (TPSA) is 96.2 Å². The number of nitrogens with zero attached hydrogens (tertiary/aromatic N) is 2. The lowest BCUT2D eigenvalue weighted by Gasteiger charge is -2.39. The highest BCUT2D eigenvalue weighted by Gasteiger charge is 2.43. The molecule has 0 spiro atoms. The molecule has 7 nitrogen and oxygen atoms in total. The summed E-state index contributed by atoms with van der Waals surface area (Å²) in [6.45, 7) is 7.32. The maximum Gasteiger partial charge on any atom is 0.309 e. The van der Waals surface area contributed by atoms with Gasteiger partial charge in [-0.25, -0.2) is 4.99 Å². The van der Waals surface area contributed by atoms with Gasteiger partial charge < -0.3 is 14.9 Å². The van der Waals surface area contributed by atoms with Gasteiger partial charge in [0.2, 0.25) is 5.84 Å². The van der Waals surface area contributed by atoms with Crippen molar-refractivity contribution in [3.8, 4) is 0 Å². The first kappa shape index (κ1) is 17.3. The zero-order valence-electron chi connectivity index (χ0n) is 12.3. The van der Waals surface area contributed by atoms with Gasteiger partial charge in [0.05, 0.1) is 39.0 Å². The highest BCUT2D eigenvalue weighted by molar-refractivity contribution is 5.78. The van der Waals surface area contributed by atoms with Crippen molar-refractivity contribution in [3.05, 3.63) is 12.7 Å². The summed E-state index contributed by atoms with van der Waals surface area (Å²) < 4.78 is 5.98. The van der Waals surface area contributed by atoms with Crippen molar-refractivity contribution in [2.75, 3.05) is 26.2 Å². The average Bonchev–Trinajstić information content (AvgIpc) is 2.80. The van der Waals surface area contributed by atoms with Crippen molar-refractivity contribution >= 4 is 17.8 Å². The molecule has 2 unspecified atom stereocenters. The van der Waals surface area contributed by atoms with E-state index in [0.29, 0.717) is 30.5 Å². The molecule has 0 amide bonds. The second kappa shape index (κ2) is 7.90. The molecule has 118 valence electrons. The Morgan fingerprint density at radius 2 is 2.10 bits per heavy atom. The molecule has 1 aliphatic rings. The van der Waals surface area contributed by atoms with E-state index in [0.717, 1.165) is 5.84 Å². The van der Waals surface area contributed by atoms with Crippen molar-refractivity contribution < 1.29 is 29.0 Å². The summed E-state index contributed by atoms with van der Waals surface area (Å²) in [6, 6.07) is 0. The number of carbonyl (C=O) groups is 2. The fraction of sp³-hybridized carbons (Fsp3) is 0.643. The number of carboxylic acid groups (broad SMARTS) is 2. The van der Waals surface area contributed by atoms with Gasteiger partial charge in [-0.1, -0.05) is 6.08 Å². The molecule has 1 heterocycles. The van der Waals surface area contributed by atoms with Crippen LogP contribution in [0.4, 0.5) is 0 Å². The Kier molecular flexibility index (Phi) is 6.51. The minimum Gasteiger partial charge on any atom is -0.481 e. The maximum atomic E-state index is 10.9. The molecule has 7 heteroatoms. The van der Waals surface area contributed by atoms with E-state index >= 15 is 0 Å². The van der Waals surface area contributed by atoms with E-state index in [9.17, 15) is 9.59 Å². The molecule has 2 N–H and O–H groups in total. The van der Waals surface area contributed by atoms with Gasteiger partial charge in [0, 0.05) is 6.92 Å². The normalized spacial score (nSPS) is 22.6. The van der Waals surface area contributed by atoms with Crippen LogP contribution in [-0.2, 0) is 14.3 Å². The third-order valence-electron chi connectivity index (χ3n) is 3.73. The number of quaternary nitrogens is 1. The second-order valence-corrected chi connectivity index (χ2v) is 5.03. The summed E-state index contributed by atoms with van der Waals surface area (Å²) in [7, 11) is 0. The van der Waals surface area contributed by atoms with Gasteiger partial charge in [0.1, 0.15) is 6.54 Å². The van der Waals surface area contributed by atoms with E-state index in [1.165, 1.54) is 0 Å². The molecular formula is C14H23N2O5+. The van der Waals surface area contributed by atoms with Crippen LogP contribution in [0.5, 0.6) is 0 Å². The first-order valence-electron chi connectivity index (χ1n) is 6.99. The summed E-state index contributed by atoms with van der Waals surface area (Å²) in [6.07, 6.45) is 1.93. The molecule has 0 radical (unpaired) electrons. The molecule has 0 saturated heterocycles. The molecule has 0 aromatic carbocycles. The van der Waals surface area contributed by atoms with Crippen LogP contribution in [0.25, 0.3) is 0 Å². The van der Waals surface area contributed by atoms with Crippen molar-refractivity contribution in [2.45, 2.75) is 32.4 Å². The van der Waals surface area contributed by atoms with Gasteiger partial charge in [-0.2, -0.15) is 0 Å². The third kappa shape index (κ3) is 4.64. The molecule has 0 fully saturated rings. The monoisotopic (exact) mass is 299 g/mol. The van der Waals surface area contributed by atoms with Crippen LogP contribution in [-0.4, -0.2) is 64.9 Å². The van der Waals surface area contributed by atoms with Crippen LogP contribution in [0.3, 0.4) is 0 Å². The highest BCUT2D eigenvalue weighted by Crippen LogP contribution is 2.24. The summed E-state index contributed by atoms with van der Waals surface area (Å²) >= 11 is 0. The number of carboxylic acids is 2. The number of hydrogen-bond acceptors (Lipinski definition) is 4. The summed E-state index contributed by atoms with van der Waals surface area (Å²) in [5, 5.41) is 17.6. The summed E-state index contributed by atoms with van der Waals surface area (Å²) in [4.78, 5) is 25.9. The molecule has 0 bridgehead atoms. The second-order valence-electron chi connectivity index (χ2n) is 5.03. The highest BCUT2D eigenvalue weighted by atomic mass is 16.5. The first-order chi connectivity index (χ1) is 9.92. The standard InChI is InChI=1S/C14H22N2O5/c1-3-4-12-15-7-9-16(12,8-5-13(17)18)11(2)21-10-6-14(19)20/h3,11H,1,4-10H2,2H3,(H-,17,18,19,20)/p+1. The van der Waals surface area contributed by atoms with Crippen LogP contribution in [0.1, 0.15) is 26.2 Å². The number of hydrogen-bond donors (Lipinski definition) is 2. The fourth-order valence-corrected chi connectivity index (χ4v) is 2.57. The molecule has 2 atom stereocenters. The number of ether oxygens (including phenoxy) is 1. The fourth-order valence-electron chi connectivity index (χ4n) is 2.57. The summed E-state index contributed by atoms with van der Waals surface area (Å²) in [5.74, 6) is -0.926. The predicted molar refractivity (Wildman–Crippen MR) is 77.0 cm³/mol. The number of rotatable bonds is 10. The quantitative estimate of drug-likeness (QED) is 0.465. The molecule has 1 rings (SSSR count). The van der Waals surface area contributed by atoms with Gasteiger partial charge in [0.25, 0.3) is 0 Å². The Morgan fingerprint density at radius 3 is 2.67 bits per heavy atom. The lowest BCUT2D eigenvalue weighted by molar-refractivity contribution is -0.884. The van der Waals surface area contributed by atoms with Crippen LogP contribution in [0.2, 0.25) is 0 Å². The van der Waals surface area contributed by atoms with Gasteiger partial charge in [-0.05, 0) is 0 Å². The number of amidine groups is 1. The maximum absolute atomic E-state index is 10.9. The average molecular weight is 299 g/mol. The minimum atomic E-state index is -0.916. The van der Waals surface area contributed by atoms with E-state index in [1.807, 2.05) is 6.92 Å². The van der Waals surface area contributed by atoms with Crippen molar-refractivity contribution in [1.82, 2.24) is 0 Å². The molecule has 0 saturated carbocycles. The van der Waals surface area contributed by atoms with Crippen LogP contribution < -0.4 is 0 Å². The van der Waals surface area contributed by atoms with Crippen molar-refractivity contribution in [2.24, 2.45) is 4.99 Å².